The number of rotatable bonds is 3. The van der Waals surface area contributed by atoms with Crippen LogP contribution in [0.25, 0.3) is 0 Å². The summed E-state index contributed by atoms with van der Waals surface area (Å²) in [4.78, 5) is 11.7. The molecule has 0 spiro atoms. The molecule has 5 nitrogen and oxygen atoms in total. The molecule has 2 atom stereocenters. The van der Waals surface area contributed by atoms with E-state index in [0.29, 0.717) is 24.5 Å². The summed E-state index contributed by atoms with van der Waals surface area (Å²) in [5.74, 6) is -0.301. The van der Waals surface area contributed by atoms with Gasteiger partial charge in [0.15, 0.2) is 0 Å². The van der Waals surface area contributed by atoms with Crippen molar-refractivity contribution in [2.75, 3.05) is 25.6 Å². The second-order valence-electron chi connectivity index (χ2n) is 4.11. The Labute approximate surface area is 106 Å². The molecule has 98 valence electrons. The number of aliphatic hydroxyl groups is 1. The third kappa shape index (κ3) is 2.13. The lowest BCUT2D eigenvalue weighted by Crippen LogP contribution is -2.35. The van der Waals surface area contributed by atoms with Gasteiger partial charge < -0.3 is 19.9 Å². The van der Waals surface area contributed by atoms with E-state index in [-0.39, 0.29) is 5.97 Å². The fourth-order valence-electron chi connectivity index (χ4n) is 2.16. The van der Waals surface area contributed by atoms with Gasteiger partial charge in [0, 0.05) is 12.1 Å². The van der Waals surface area contributed by atoms with Gasteiger partial charge in [0.1, 0.15) is 11.7 Å². The van der Waals surface area contributed by atoms with E-state index in [1.165, 1.54) is 0 Å². The summed E-state index contributed by atoms with van der Waals surface area (Å²) in [6, 6.07) is 5.38. The maximum Gasteiger partial charge on any atom is 0.313 e. The van der Waals surface area contributed by atoms with Crippen LogP contribution in [0.4, 0.5) is 5.69 Å². The first-order valence-corrected chi connectivity index (χ1v) is 5.94. The zero-order valence-electron chi connectivity index (χ0n) is 10.5. The Morgan fingerprint density at radius 2 is 2.33 bits per heavy atom. The van der Waals surface area contributed by atoms with Crippen LogP contribution in [0.5, 0.6) is 5.75 Å². The molecule has 5 heteroatoms. The van der Waals surface area contributed by atoms with Gasteiger partial charge in [0.2, 0.25) is 0 Å². The van der Waals surface area contributed by atoms with Crippen molar-refractivity contribution in [3.8, 4) is 5.75 Å². The van der Waals surface area contributed by atoms with Crippen LogP contribution in [0.3, 0.4) is 0 Å². The van der Waals surface area contributed by atoms with Crippen molar-refractivity contribution >= 4 is 11.7 Å². The topological polar surface area (TPSA) is 67.8 Å². The highest BCUT2D eigenvalue weighted by molar-refractivity contribution is 5.77. The number of hydrogen-bond donors (Lipinski definition) is 2. The van der Waals surface area contributed by atoms with Gasteiger partial charge in [0.25, 0.3) is 0 Å². The summed E-state index contributed by atoms with van der Waals surface area (Å²) in [6.07, 6.45) is -0.865. The van der Waals surface area contributed by atoms with Crippen molar-refractivity contribution in [2.24, 2.45) is 5.92 Å². The minimum atomic E-state index is -0.865. The molecule has 2 unspecified atom stereocenters. The second-order valence-corrected chi connectivity index (χ2v) is 4.11. The molecule has 0 saturated heterocycles. The van der Waals surface area contributed by atoms with Crippen molar-refractivity contribution < 1.29 is 19.4 Å². The Kier molecular flexibility index (Phi) is 3.72. The smallest absolute Gasteiger partial charge is 0.313 e. The highest BCUT2D eigenvalue weighted by Gasteiger charge is 2.35. The maximum atomic E-state index is 11.7. The number of aliphatic hydroxyl groups excluding tert-OH is 1. The van der Waals surface area contributed by atoms with E-state index in [4.69, 9.17) is 9.47 Å². The van der Waals surface area contributed by atoms with Gasteiger partial charge in [-0.15, -0.1) is 0 Å². The molecule has 2 N–H and O–H groups in total. The summed E-state index contributed by atoms with van der Waals surface area (Å²) >= 11 is 0. The maximum absolute atomic E-state index is 11.7. The molecule has 0 saturated carbocycles. The van der Waals surface area contributed by atoms with Crippen molar-refractivity contribution in [3.05, 3.63) is 23.8 Å². The van der Waals surface area contributed by atoms with E-state index in [1.54, 1.807) is 26.2 Å². The van der Waals surface area contributed by atoms with Gasteiger partial charge >= 0.3 is 5.97 Å². The first-order valence-electron chi connectivity index (χ1n) is 5.94. The number of ether oxygens (including phenoxy) is 2. The number of methoxy groups -OCH3 is 1. The molecule has 0 fully saturated rings. The van der Waals surface area contributed by atoms with E-state index < -0.39 is 12.0 Å². The Bertz CT molecular complexity index is 447. The van der Waals surface area contributed by atoms with Crippen LogP contribution in [0.2, 0.25) is 0 Å². The van der Waals surface area contributed by atoms with Crippen LogP contribution in [0.1, 0.15) is 18.6 Å². The van der Waals surface area contributed by atoms with Crippen LogP contribution in [-0.2, 0) is 9.53 Å². The average molecular weight is 251 g/mol. The highest BCUT2D eigenvalue weighted by Crippen LogP contribution is 2.39. The SMILES string of the molecule is CCOC(=O)C1CNc2c(OC)cccc2C1O. The number of benzene rings is 1. The summed E-state index contributed by atoms with van der Waals surface area (Å²) in [7, 11) is 1.57. The van der Waals surface area contributed by atoms with Crippen LogP contribution in [0, 0.1) is 5.92 Å². The number of para-hydroxylation sites is 1. The molecule has 0 bridgehead atoms. The van der Waals surface area contributed by atoms with Crippen molar-refractivity contribution in [1.82, 2.24) is 0 Å². The van der Waals surface area contributed by atoms with E-state index >= 15 is 0 Å². The Morgan fingerprint density at radius 1 is 1.56 bits per heavy atom. The van der Waals surface area contributed by atoms with Crippen molar-refractivity contribution in [3.63, 3.8) is 0 Å². The third-order valence-electron chi connectivity index (χ3n) is 3.07. The molecular formula is C13H17NO4. The molecule has 0 aliphatic carbocycles. The molecule has 1 aromatic carbocycles. The van der Waals surface area contributed by atoms with Crippen LogP contribution in [-0.4, -0.2) is 31.3 Å². The molecule has 0 radical (unpaired) electrons. The fraction of sp³-hybridized carbons (Fsp3) is 0.462. The van der Waals surface area contributed by atoms with Gasteiger partial charge in [-0.25, -0.2) is 0 Å². The molecule has 2 rings (SSSR count). The molecule has 1 aliphatic heterocycles. The predicted molar refractivity (Wildman–Crippen MR) is 66.6 cm³/mol. The number of fused-ring (bicyclic) bond motifs is 1. The lowest BCUT2D eigenvalue weighted by Gasteiger charge is -2.30. The minimum Gasteiger partial charge on any atom is -0.495 e. The fourth-order valence-corrected chi connectivity index (χ4v) is 2.16. The number of hydrogen-bond acceptors (Lipinski definition) is 5. The summed E-state index contributed by atoms with van der Waals surface area (Å²) in [5.41, 5.74) is 1.41. The average Bonchev–Trinajstić information content (AvgIpc) is 2.39. The van der Waals surface area contributed by atoms with Gasteiger partial charge in [-0.05, 0) is 13.0 Å². The van der Waals surface area contributed by atoms with Crippen molar-refractivity contribution in [2.45, 2.75) is 13.0 Å². The normalized spacial score (nSPS) is 21.7. The zero-order valence-corrected chi connectivity index (χ0v) is 10.5. The number of anilines is 1. The second kappa shape index (κ2) is 5.27. The quantitative estimate of drug-likeness (QED) is 0.793. The summed E-state index contributed by atoms with van der Waals surface area (Å²) in [6.45, 7) is 2.40. The Morgan fingerprint density at radius 3 is 3.00 bits per heavy atom. The van der Waals surface area contributed by atoms with Gasteiger partial charge in [-0.1, -0.05) is 12.1 Å². The lowest BCUT2D eigenvalue weighted by atomic mass is 9.90. The van der Waals surface area contributed by atoms with Gasteiger partial charge in [-0.3, -0.25) is 4.79 Å². The molecule has 1 aromatic rings. The minimum absolute atomic E-state index is 0.313. The van der Waals surface area contributed by atoms with E-state index in [0.717, 1.165) is 5.69 Å². The van der Waals surface area contributed by atoms with E-state index in [9.17, 15) is 9.90 Å². The number of carbonyl (C=O) groups excluding carboxylic acids is 1. The summed E-state index contributed by atoms with van der Waals surface area (Å²) in [5, 5.41) is 13.4. The van der Waals surface area contributed by atoms with Gasteiger partial charge in [-0.2, -0.15) is 0 Å². The Balaban J connectivity index is 2.28. The van der Waals surface area contributed by atoms with Crippen LogP contribution in [0.15, 0.2) is 18.2 Å². The number of carbonyl (C=O) groups is 1. The highest BCUT2D eigenvalue weighted by atomic mass is 16.5. The molecule has 18 heavy (non-hydrogen) atoms. The van der Waals surface area contributed by atoms with Gasteiger partial charge in [0.05, 0.1) is 25.5 Å². The largest absolute Gasteiger partial charge is 0.495 e. The first kappa shape index (κ1) is 12.7. The molecule has 0 amide bonds. The van der Waals surface area contributed by atoms with Crippen LogP contribution < -0.4 is 10.1 Å². The molecular weight excluding hydrogens is 234 g/mol. The third-order valence-corrected chi connectivity index (χ3v) is 3.07. The van der Waals surface area contributed by atoms with Crippen LogP contribution >= 0.6 is 0 Å². The molecule has 1 heterocycles. The first-order chi connectivity index (χ1) is 8.69. The molecule has 0 aromatic heterocycles. The zero-order chi connectivity index (χ0) is 13.1. The lowest BCUT2D eigenvalue weighted by molar-refractivity contribution is -0.151. The standard InChI is InChI=1S/C13H17NO4/c1-3-18-13(16)9-7-14-11-8(12(9)15)5-4-6-10(11)17-2/h4-6,9,12,14-15H,3,7H2,1-2H3. The predicted octanol–water partition coefficient (Wildman–Crippen LogP) is 1.33. The summed E-state index contributed by atoms with van der Waals surface area (Å²) < 4.78 is 10.2. The number of esters is 1. The monoisotopic (exact) mass is 251 g/mol. The van der Waals surface area contributed by atoms with E-state index in [2.05, 4.69) is 5.32 Å². The Hall–Kier alpha value is -1.75. The molecule has 1 aliphatic rings. The van der Waals surface area contributed by atoms with Crippen molar-refractivity contribution in [1.29, 1.82) is 0 Å². The number of nitrogens with one attached hydrogen (secondary N) is 1. The van der Waals surface area contributed by atoms with E-state index in [1.807, 2.05) is 6.07 Å².